The van der Waals surface area contributed by atoms with Crippen LogP contribution >= 0.6 is 39.0 Å². The van der Waals surface area contributed by atoms with Crippen molar-refractivity contribution in [3.8, 4) is 0 Å². The molecule has 4 nitrogen and oxygen atoms in total. The van der Waals surface area contributed by atoms with Crippen LogP contribution in [0.2, 0.25) is 0 Å². The van der Waals surface area contributed by atoms with E-state index in [1.165, 1.54) is 4.88 Å². The molecular weight excluding hydrogens is 420 g/mol. The number of para-hydroxylation sites is 1. The van der Waals surface area contributed by atoms with Crippen molar-refractivity contribution in [3.63, 3.8) is 0 Å². The summed E-state index contributed by atoms with van der Waals surface area (Å²) in [5.41, 5.74) is 0.676. The van der Waals surface area contributed by atoms with Crippen LogP contribution in [0.1, 0.15) is 10.6 Å². The predicted molar refractivity (Wildman–Crippen MR) is 105 cm³/mol. The molecule has 0 atom stereocenters. The summed E-state index contributed by atoms with van der Waals surface area (Å²) in [6.07, 6.45) is 1.62. The van der Waals surface area contributed by atoms with Gasteiger partial charge in [-0.05, 0) is 52.3 Å². The minimum absolute atomic E-state index is 0.0446. The zero-order chi connectivity index (χ0) is 17.2. The molecule has 0 aliphatic carbocycles. The van der Waals surface area contributed by atoms with Gasteiger partial charge in [-0.3, -0.25) is 9.36 Å². The summed E-state index contributed by atoms with van der Waals surface area (Å²) in [7, 11) is 0. The van der Waals surface area contributed by atoms with E-state index < -0.39 is 0 Å². The van der Waals surface area contributed by atoms with Crippen LogP contribution in [0.15, 0.2) is 72.9 Å². The van der Waals surface area contributed by atoms with Crippen LogP contribution in [-0.2, 0) is 12.3 Å². The van der Waals surface area contributed by atoms with Crippen LogP contribution in [0.4, 0.5) is 0 Å². The highest BCUT2D eigenvalue weighted by molar-refractivity contribution is 9.11. The fourth-order valence-electron chi connectivity index (χ4n) is 2.52. The predicted octanol–water partition coefficient (Wildman–Crippen LogP) is 5.15. The molecule has 0 aliphatic heterocycles. The largest absolute Gasteiger partial charge is 0.467 e. The molecule has 0 spiro atoms. The second kappa shape index (κ2) is 7.19. The van der Waals surface area contributed by atoms with Crippen molar-refractivity contribution in [1.82, 2.24) is 9.55 Å². The maximum absolute atomic E-state index is 13.0. The number of furan rings is 1. The molecule has 3 heterocycles. The molecule has 0 fully saturated rings. The van der Waals surface area contributed by atoms with E-state index in [0.717, 1.165) is 20.8 Å². The first kappa shape index (κ1) is 16.6. The highest BCUT2D eigenvalue weighted by Crippen LogP contribution is 2.29. The summed E-state index contributed by atoms with van der Waals surface area (Å²) >= 11 is 6.74. The number of thiophene rings is 1. The molecule has 0 aliphatic rings. The van der Waals surface area contributed by atoms with Gasteiger partial charge in [0, 0.05) is 10.6 Å². The molecule has 0 radical (unpaired) electrons. The van der Waals surface area contributed by atoms with E-state index in [-0.39, 0.29) is 5.56 Å². The maximum atomic E-state index is 13.0. The van der Waals surface area contributed by atoms with Crippen molar-refractivity contribution in [2.75, 3.05) is 0 Å². The number of aromatic nitrogens is 2. The van der Waals surface area contributed by atoms with Gasteiger partial charge in [-0.15, -0.1) is 11.3 Å². The molecule has 3 aromatic heterocycles. The fraction of sp³-hybridized carbons (Fsp3) is 0.111. The number of halogens is 1. The lowest BCUT2D eigenvalue weighted by atomic mass is 10.2. The first-order valence-corrected chi connectivity index (χ1v) is 10.2. The number of fused-ring (bicyclic) bond motifs is 1. The molecule has 0 amide bonds. The Labute approximate surface area is 160 Å². The Bertz CT molecular complexity index is 1070. The third-order valence-corrected chi connectivity index (χ3v) is 6.52. The summed E-state index contributed by atoms with van der Waals surface area (Å²) < 4.78 is 8.21. The van der Waals surface area contributed by atoms with Gasteiger partial charge < -0.3 is 4.42 Å². The molecule has 0 saturated heterocycles. The fourth-order valence-corrected chi connectivity index (χ4v) is 5.05. The van der Waals surface area contributed by atoms with Gasteiger partial charge in [0.1, 0.15) is 5.76 Å². The first-order valence-electron chi connectivity index (χ1n) is 7.60. The second-order valence-corrected chi connectivity index (χ2v) is 8.87. The lowest BCUT2D eigenvalue weighted by Gasteiger charge is -2.11. The molecule has 7 heteroatoms. The maximum Gasteiger partial charge on any atom is 0.262 e. The average Bonchev–Trinajstić information content (AvgIpc) is 3.27. The van der Waals surface area contributed by atoms with Gasteiger partial charge >= 0.3 is 0 Å². The first-order chi connectivity index (χ1) is 12.2. The van der Waals surface area contributed by atoms with Gasteiger partial charge in [0.15, 0.2) is 5.16 Å². The van der Waals surface area contributed by atoms with Gasteiger partial charge in [0.25, 0.3) is 5.56 Å². The van der Waals surface area contributed by atoms with Crippen LogP contribution in [0.3, 0.4) is 0 Å². The van der Waals surface area contributed by atoms with Crippen LogP contribution in [0.25, 0.3) is 10.9 Å². The smallest absolute Gasteiger partial charge is 0.262 e. The Morgan fingerprint density at radius 1 is 1.16 bits per heavy atom. The Kier molecular flexibility index (Phi) is 4.78. The SMILES string of the molecule is O=c1c2ccccc2nc(SCc2ccc(Br)s2)n1Cc1ccco1. The second-order valence-electron chi connectivity index (χ2n) is 5.38. The van der Waals surface area contributed by atoms with Crippen molar-refractivity contribution in [1.29, 1.82) is 0 Å². The molecule has 126 valence electrons. The van der Waals surface area contributed by atoms with Crippen LogP contribution in [0, 0.1) is 0 Å². The van der Waals surface area contributed by atoms with Gasteiger partial charge in [-0.1, -0.05) is 23.9 Å². The third kappa shape index (κ3) is 3.58. The molecule has 0 saturated carbocycles. The summed E-state index contributed by atoms with van der Waals surface area (Å²) in [5, 5.41) is 1.32. The molecule has 0 unspecified atom stereocenters. The third-order valence-electron chi connectivity index (χ3n) is 3.69. The molecular formula is C18H13BrN2O2S2. The minimum Gasteiger partial charge on any atom is -0.467 e. The topological polar surface area (TPSA) is 48.0 Å². The highest BCUT2D eigenvalue weighted by atomic mass is 79.9. The Morgan fingerprint density at radius 3 is 2.80 bits per heavy atom. The van der Waals surface area contributed by atoms with Crippen molar-refractivity contribution in [2.24, 2.45) is 0 Å². The van der Waals surface area contributed by atoms with Crippen LogP contribution in [0.5, 0.6) is 0 Å². The molecule has 0 bridgehead atoms. The number of nitrogens with zero attached hydrogens (tertiary/aromatic N) is 2. The Balaban J connectivity index is 1.75. The number of benzene rings is 1. The van der Waals surface area contributed by atoms with Crippen LogP contribution in [-0.4, -0.2) is 9.55 Å². The van der Waals surface area contributed by atoms with Crippen molar-refractivity contribution >= 4 is 49.9 Å². The van der Waals surface area contributed by atoms with E-state index in [1.807, 2.05) is 42.5 Å². The van der Waals surface area contributed by atoms with Gasteiger partial charge in [0.05, 0.1) is 27.5 Å². The van der Waals surface area contributed by atoms with E-state index in [4.69, 9.17) is 9.40 Å². The molecule has 4 aromatic rings. The van der Waals surface area contributed by atoms with E-state index in [9.17, 15) is 4.79 Å². The summed E-state index contributed by atoms with van der Waals surface area (Å²) in [6.45, 7) is 0.375. The normalized spacial score (nSPS) is 11.2. The van der Waals surface area contributed by atoms with E-state index in [0.29, 0.717) is 17.1 Å². The van der Waals surface area contributed by atoms with Crippen molar-refractivity contribution < 1.29 is 4.42 Å². The Morgan fingerprint density at radius 2 is 2.04 bits per heavy atom. The number of hydrogen-bond acceptors (Lipinski definition) is 5. The van der Waals surface area contributed by atoms with Gasteiger partial charge in [0.2, 0.25) is 0 Å². The molecule has 1 aromatic carbocycles. The monoisotopic (exact) mass is 432 g/mol. The number of hydrogen-bond donors (Lipinski definition) is 0. The lowest BCUT2D eigenvalue weighted by Crippen LogP contribution is -2.23. The Hall–Kier alpha value is -1.83. The van der Waals surface area contributed by atoms with E-state index in [2.05, 4.69) is 22.0 Å². The minimum atomic E-state index is -0.0446. The number of rotatable bonds is 5. The summed E-state index contributed by atoms with van der Waals surface area (Å²) in [5.74, 6) is 1.50. The summed E-state index contributed by atoms with van der Waals surface area (Å²) in [6, 6.07) is 15.3. The van der Waals surface area contributed by atoms with Crippen molar-refractivity contribution in [2.45, 2.75) is 17.5 Å². The zero-order valence-electron chi connectivity index (χ0n) is 13.0. The number of thioether (sulfide) groups is 1. The van der Waals surface area contributed by atoms with Gasteiger partial charge in [-0.2, -0.15) is 0 Å². The van der Waals surface area contributed by atoms with E-state index >= 15 is 0 Å². The van der Waals surface area contributed by atoms with Gasteiger partial charge in [-0.25, -0.2) is 4.98 Å². The summed E-state index contributed by atoms with van der Waals surface area (Å²) in [4.78, 5) is 18.9. The average molecular weight is 433 g/mol. The highest BCUT2D eigenvalue weighted by Gasteiger charge is 2.13. The lowest BCUT2D eigenvalue weighted by molar-refractivity contribution is 0.476. The standard InChI is InChI=1S/C18H13BrN2O2S2/c19-16-8-7-13(25-16)11-24-18-20-15-6-2-1-5-14(15)17(22)21(18)10-12-4-3-9-23-12/h1-9H,10-11H2. The molecule has 25 heavy (non-hydrogen) atoms. The molecule has 0 N–H and O–H groups in total. The molecule has 4 rings (SSSR count). The van der Waals surface area contributed by atoms with Crippen molar-refractivity contribution in [3.05, 3.63) is 79.6 Å². The zero-order valence-corrected chi connectivity index (χ0v) is 16.2. The quantitative estimate of drug-likeness (QED) is 0.323. The van der Waals surface area contributed by atoms with Crippen LogP contribution < -0.4 is 5.56 Å². The van der Waals surface area contributed by atoms with E-state index in [1.54, 1.807) is 33.9 Å².